The average Bonchev–Trinajstić information content (AvgIpc) is 2.07. The molecular weight excluding hydrogens is 284 g/mol. The topological polar surface area (TPSA) is 17.1 Å². The van der Waals surface area contributed by atoms with E-state index in [2.05, 4.69) is 15.9 Å². The van der Waals surface area contributed by atoms with Gasteiger partial charge < -0.3 is 0 Å². The van der Waals surface area contributed by atoms with E-state index in [0.29, 0.717) is 0 Å². The van der Waals surface area contributed by atoms with Crippen LogP contribution in [0.25, 0.3) is 0 Å². The molecule has 1 rings (SSSR count). The molecule has 0 radical (unpaired) electrons. The molecule has 1 nitrogen and oxygen atoms in total. The first-order valence-electron chi connectivity index (χ1n) is 3.38. The zero-order valence-electron chi connectivity index (χ0n) is 6.53. The van der Waals surface area contributed by atoms with Crippen LogP contribution in [0.1, 0.15) is 15.9 Å². The largest absolute Gasteiger partial charge is 0.417 e. The molecule has 0 aromatic heterocycles. The summed E-state index contributed by atoms with van der Waals surface area (Å²) in [7, 11) is 0. The van der Waals surface area contributed by atoms with Crippen LogP contribution in [0.15, 0.2) is 16.6 Å². The molecule has 0 aliphatic rings. The summed E-state index contributed by atoms with van der Waals surface area (Å²) in [6.07, 6.45) is -4.48. The highest BCUT2D eigenvalue weighted by molar-refractivity contribution is 9.10. The monoisotopic (exact) mass is 286 g/mol. The van der Waals surface area contributed by atoms with Crippen molar-refractivity contribution >= 4 is 33.8 Å². The number of alkyl halides is 3. The van der Waals surface area contributed by atoms with Crippen molar-refractivity contribution in [3.8, 4) is 0 Å². The maximum atomic E-state index is 12.3. The van der Waals surface area contributed by atoms with Crippen molar-refractivity contribution in [2.45, 2.75) is 6.18 Å². The maximum absolute atomic E-state index is 12.3. The number of halogens is 5. The summed E-state index contributed by atoms with van der Waals surface area (Å²) in [5, 5.41) is -0.227. The van der Waals surface area contributed by atoms with Crippen molar-refractivity contribution in [1.29, 1.82) is 0 Å². The Morgan fingerprint density at radius 1 is 1.36 bits per heavy atom. The van der Waals surface area contributed by atoms with Gasteiger partial charge in [-0.05, 0) is 28.1 Å². The SMILES string of the molecule is O=Cc1c(C(F)(F)F)ccc(Br)c1Cl. The van der Waals surface area contributed by atoms with Gasteiger partial charge in [-0.1, -0.05) is 11.6 Å². The second-order valence-electron chi connectivity index (χ2n) is 2.44. The van der Waals surface area contributed by atoms with Gasteiger partial charge in [-0.25, -0.2) is 0 Å². The zero-order valence-corrected chi connectivity index (χ0v) is 8.87. The molecule has 6 heteroatoms. The number of hydrogen-bond donors (Lipinski definition) is 0. The van der Waals surface area contributed by atoms with Gasteiger partial charge in [-0.15, -0.1) is 0 Å². The molecule has 0 atom stereocenters. The van der Waals surface area contributed by atoms with Crippen LogP contribution in [0.2, 0.25) is 5.02 Å². The van der Waals surface area contributed by atoms with Gasteiger partial charge in [0, 0.05) is 10.0 Å². The van der Waals surface area contributed by atoms with E-state index < -0.39 is 17.3 Å². The van der Waals surface area contributed by atoms with Gasteiger partial charge in [0.2, 0.25) is 0 Å². The van der Waals surface area contributed by atoms with Crippen LogP contribution >= 0.6 is 27.5 Å². The Morgan fingerprint density at radius 3 is 2.36 bits per heavy atom. The minimum Gasteiger partial charge on any atom is -0.298 e. The molecule has 14 heavy (non-hydrogen) atoms. The van der Waals surface area contributed by atoms with Crippen LogP contribution in [0.4, 0.5) is 13.2 Å². The first-order valence-corrected chi connectivity index (χ1v) is 4.55. The average molecular weight is 287 g/mol. The van der Waals surface area contributed by atoms with Crippen LogP contribution < -0.4 is 0 Å². The molecular formula is C8H3BrClF3O. The second-order valence-corrected chi connectivity index (χ2v) is 3.67. The predicted octanol–water partition coefficient (Wildman–Crippen LogP) is 3.93. The molecule has 1 aromatic carbocycles. The highest BCUT2D eigenvalue weighted by Gasteiger charge is 2.34. The minimum atomic E-state index is -4.57. The summed E-state index contributed by atoms with van der Waals surface area (Å²) in [5.74, 6) is 0. The Morgan fingerprint density at radius 2 is 1.93 bits per heavy atom. The Balaban J connectivity index is 3.47. The fourth-order valence-corrected chi connectivity index (χ4v) is 1.48. The molecule has 0 spiro atoms. The molecule has 0 aliphatic carbocycles. The molecule has 0 amide bonds. The number of carbonyl (C=O) groups is 1. The summed E-state index contributed by atoms with van der Waals surface area (Å²) in [4.78, 5) is 10.4. The lowest BCUT2D eigenvalue weighted by Gasteiger charge is -2.10. The smallest absolute Gasteiger partial charge is 0.298 e. The van der Waals surface area contributed by atoms with Crippen molar-refractivity contribution in [2.24, 2.45) is 0 Å². The fraction of sp³-hybridized carbons (Fsp3) is 0.125. The van der Waals surface area contributed by atoms with E-state index in [1.54, 1.807) is 0 Å². The number of rotatable bonds is 1. The Labute approximate surface area is 91.0 Å². The summed E-state index contributed by atoms with van der Waals surface area (Å²) in [6.45, 7) is 0. The summed E-state index contributed by atoms with van der Waals surface area (Å²) >= 11 is 8.46. The van der Waals surface area contributed by atoms with Crippen molar-refractivity contribution in [3.63, 3.8) is 0 Å². The van der Waals surface area contributed by atoms with E-state index in [1.165, 1.54) is 0 Å². The Bertz CT molecular complexity index is 376. The fourth-order valence-electron chi connectivity index (χ4n) is 0.929. The van der Waals surface area contributed by atoms with E-state index >= 15 is 0 Å². The Kier molecular flexibility index (Phi) is 3.21. The molecule has 0 heterocycles. The number of aldehydes is 1. The molecule has 76 valence electrons. The van der Waals surface area contributed by atoms with Crippen LogP contribution in [0.5, 0.6) is 0 Å². The quantitative estimate of drug-likeness (QED) is 0.715. The van der Waals surface area contributed by atoms with E-state index in [1.807, 2.05) is 0 Å². The van der Waals surface area contributed by atoms with Crippen molar-refractivity contribution in [1.82, 2.24) is 0 Å². The minimum absolute atomic E-state index is 0.0932. The van der Waals surface area contributed by atoms with Crippen molar-refractivity contribution < 1.29 is 18.0 Å². The second kappa shape index (κ2) is 3.90. The lowest BCUT2D eigenvalue weighted by atomic mass is 10.1. The predicted molar refractivity (Wildman–Crippen MR) is 49.5 cm³/mol. The highest BCUT2D eigenvalue weighted by atomic mass is 79.9. The third kappa shape index (κ3) is 2.09. The number of hydrogen-bond acceptors (Lipinski definition) is 1. The molecule has 0 saturated heterocycles. The standard InChI is InChI=1S/C8H3BrClF3O/c9-6-2-1-5(8(11,12)13)4(3-14)7(6)10/h1-3H. The van der Waals surface area contributed by atoms with Gasteiger partial charge in [0.1, 0.15) is 0 Å². The van der Waals surface area contributed by atoms with E-state index in [9.17, 15) is 18.0 Å². The molecule has 0 unspecified atom stereocenters. The summed E-state index contributed by atoms with van der Waals surface area (Å²) in [6, 6.07) is 1.96. The third-order valence-corrected chi connectivity index (χ3v) is 2.85. The van der Waals surface area contributed by atoms with Crippen LogP contribution in [0.3, 0.4) is 0 Å². The van der Waals surface area contributed by atoms with Crippen molar-refractivity contribution in [3.05, 3.63) is 32.8 Å². The van der Waals surface area contributed by atoms with Crippen LogP contribution in [-0.2, 0) is 6.18 Å². The first kappa shape index (κ1) is 11.5. The van der Waals surface area contributed by atoms with E-state index in [0.717, 1.165) is 12.1 Å². The molecule has 1 aromatic rings. The van der Waals surface area contributed by atoms with Gasteiger partial charge in [0.25, 0.3) is 0 Å². The van der Waals surface area contributed by atoms with E-state index in [4.69, 9.17) is 11.6 Å². The van der Waals surface area contributed by atoms with Gasteiger partial charge in [0.05, 0.1) is 10.6 Å². The lowest BCUT2D eigenvalue weighted by molar-refractivity contribution is -0.137. The number of carbonyl (C=O) groups excluding carboxylic acids is 1. The molecule has 0 bridgehead atoms. The van der Waals surface area contributed by atoms with Gasteiger partial charge in [-0.2, -0.15) is 13.2 Å². The molecule has 0 N–H and O–H groups in total. The zero-order chi connectivity index (χ0) is 10.9. The third-order valence-electron chi connectivity index (χ3n) is 1.56. The molecule has 0 fully saturated rings. The van der Waals surface area contributed by atoms with Gasteiger partial charge in [-0.3, -0.25) is 4.79 Å². The summed E-state index contributed by atoms with van der Waals surface area (Å²) in [5.41, 5.74) is -1.57. The number of benzene rings is 1. The first-order chi connectivity index (χ1) is 6.38. The highest BCUT2D eigenvalue weighted by Crippen LogP contribution is 2.37. The molecule has 0 aliphatic heterocycles. The van der Waals surface area contributed by atoms with Gasteiger partial charge >= 0.3 is 6.18 Å². The summed E-state index contributed by atoms with van der Waals surface area (Å²) < 4.78 is 37.2. The molecule has 0 saturated carbocycles. The lowest BCUT2D eigenvalue weighted by Crippen LogP contribution is -2.09. The normalized spacial score (nSPS) is 11.5. The Hall–Kier alpha value is -0.550. The van der Waals surface area contributed by atoms with E-state index in [-0.39, 0.29) is 15.8 Å². The van der Waals surface area contributed by atoms with Gasteiger partial charge in [0.15, 0.2) is 6.29 Å². The van der Waals surface area contributed by atoms with Crippen LogP contribution in [-0.4, -0.2) is 6.29 Å². The van der Waals surface area contributed by atoms with Crippen LogP contribution in [0, 0.1) is 0 Å². The maximum Gasteiger partial charge on any atom is 0.417 e. The van der Waals surface area contributed by atoms with Crippen molar-refractivity contribution in [2.75, 3.05) is 0 Å².